The van der Waals surface area contributed by atoms with E-state index in [1.165, 1.54) is 0 Å². The van der Waals surface area contributed by atoms with E-state index in [1.54, 1.807) is 6.20 Å². The number of aromatic nitrogens is 3. The highest BCUT2D eigenvalue weighted by Crippen LogP contribution is 2.35. The number of ether oxygens (including phenoxy) is 1. The van der Waals surface area contributed by atoms with Crippen LogP contribution in [0.2, 0.25) is 0 Å². The summed E-state index contributed by atoms with van der Waals surface area (Å²) in [4.78, 5) is 14.0. The Labute approximate surface area is 187 Å². The third-order valence-electron chi connectivity index (χ3n) is 6.08. The first-order valence-electron chi connectivity index (χ1n) is 11.1. The van der Waals surface area contributed by atoms with Crippen LogP contribution in [0.1, 0.15) is 25.7 Å². The molecule has 0 radical (unpaired) electrons. The van der Waals surface area contributed by atoms with Gasteiger partial charge in [-0.05, 0) is 49.8 Å². The Morgan fingerprint density at radius 2 is 1.66 bits per heavy atom. The predicted molar refractivity (Wildman–Crippen MR) is 126 cm³/mol. The number of nitrogens with two attached hydrogens (primary N) is 1. The summed E-state index contributed by atoms with van der Waals surface area (Å²) in [5, 5.41) is 10.8. The van der Waals surface area contributed by atoms with Crippen molar-refractivity contribution in [3.05, 3.63) is 66.9 Å². The number of aliphatic hydroxyl groups is 1. The first-order chi connectivity index (χ1) is 15.7. The van der Waals surface area contributed by atoms with Gasteiger partial charge in [0.15, 0.2) is 5.82 Å². The Morgan fingerprint density at radius 1 is 0.875 bits per heavy atom. The second-order valence-corrected chi connectivity index (χ2v) is 8.37. The lowest BCUT2D eigenvalue weighted by Gasteiger charge is -2.25. The minimum absolute atomic E-state index is 0.185. The molecule has 6 nitrogen and oxygen atoms in total. The molecule has 2 heterocycles. The van der Waals surface area contributed by atoms with Gasteiger partial charge in [0.2, 0.25) is 0 Å². The first kappa shape index (κ1) is 20.4. The maximum absolute atomic E-state index is 9.75. The summed E-state index contributed by atoms with van der Waals surface area (Å²) in [5.41, 5.74) is 10.5. The number of fused-ring (bicyclic) bond motifs is 1. The second kappa shape index (κ2) is 8.93. The molecule has 5 rings (SSSR count). The van der Waals surface area contributed by atoms with Crippen LogP contribution < -0.4 is 10.5 Å². The van der Waals surface area contributed by atoms with Crippen molar-refractivity contribution >= 4 is 16.7 Å². The van der Waals surface area contributed by atoms with Gasteiger partial charge in [0.05, 0.1) is 23.9 Å². The lowest BCUT2D eigenvalue weighted by Crippen LogP contribution is -2.23. The highest BCUT2D eigenvalue weighted by Gasteiger charge is 2.22. The molecule has 0 atom stereocenters. The van der Waals surface area contributed by atoms with E-state index in [0.29, 0.717) is 18.4 Å². The molecular weight excluding hydrogens is 400 g/mol. The van der Waals surface area contributed by atoms with Crippen molar-refractivity contribution in [2.24, 2.45) is 5.92 Å². The zero-order valence-corrected chi connectivity index (χ0v) is 17.8. The maximum Gasteiger partial charge on any atom is 0.257 e. The van der Waals surface area contributed by atoms with E-state index in [4.69, 9.17) is 20.4 Å². The zero-order valence-electron chi connectivity index (χ0n) is 17.8. The van der Waals surface area contributed by atoms with Crippen LogP contribution in [-0.2, 0) is 0 Å². The Balaban J connectivity index is 1.53. The fraction of sp³-hybridized carbons (Fsp3) is 0.269. The molecule has 1 fully saturated rings. The molecule has 3 N–H and O–H groups in total. The van der Waals surface area contributed by atoms with E-state index < -0.39 is 0 Å². The van der Waals surface area contributed by atoms with Gasteiger partial charge in [-0.3, -0.25) is 4.98 Å². The Morgan fingerprint density at radius 3 is 2.47 bits per heavy atom. The third-order valence-corrected chi connectivity index (χ3v) is 6.08. The van der Waals surface area contributed by atoms with Gasteiger partial charge in [0.1, 0.15) is 5.69 Å². The minimum Gasteiger partial charge on any atom is -0.475 e. The molecule has 1 aliphatic rings. The normalized spacial score (nSPS) is 18.5. The minimum atomic E-state index is -0.185. The monoisotopic (exact) mass is 426 g/mol. The van der Waals surface area contributed by atoms with Gasteiger partial charge in [0, 0.05) is 22.7 Å². The van der Waals surface area contributed by atoms with Crippen molar-refractivity contribution in [1.82, 2.24) is 15.0 Å². The van der Waals surface area contributed by atoms with E-state index in [9.17, 15) is 5.11 Å². The van der Waals surface area contributed by atoms with Crippen LogP contribution in [0.15, 0.2) is 66.9 Å². The van der Waals surface area contributed by atoms with Crippen LogP contribution in [0.5, 0.6) is 5.88 Å². The van der Waals surface area contributed by atoms with Gasteiger partial charge in [-0.15, -0.1) is 0 Å². The topological polar surface area (TPSA) is 94.2 Å². The van der Waals surface area contributed by atoms with Crippen LogP contribution in [-0.4, -0.2) is 32.8 Å². The summed E-state index contributed by atoms with van der Waals surface area (Å²) in [6.07, 6.45) is 5.13. The maximum atomic E-state index is 9.75. The average molecular weight is 427 g/mol. The van der Waals surface area contributed by atoms with Crippen LogP contribution in [0.4, 0.5) is 5.82 Å². The van der Waals surface area contributed by atoms with Crippen molar-refractivity contribution in [2.45, 2.75) is 31.8 Å². The van der Waals surface area contributed by atoms with Gasteiger partial charge >= 0.3 is 0 Å². The number of benzene rings is 2. The summed E-state index contributed by atoms with van der Waals surface area (Å²) >= 11 is 0. The summed E-state index contributed by atoms with van der Waals surface area (Å²) in [7, 11) is 0. The molecule has 2 aromatic carbocycles. The summed E-state index contributed by atoms with van der Waals surface area (Å²) in [6.45, 7) is 0.525. The fourth-order valence-corrected chi connectivity index (χ4v) is 4.27. The Hall–Kier alpha value is -3.51. The molecule has 0 bridgehead atoms. The Kier molecular flexibility index (Phi) is 5.69. The number of anilines is 1. The van der Waals surface area contributed by atoms with Gasteiger partial charge in [-0.2, -0.15) is 0 Å². The molecule has 2 aromatic heterocycles. The molecule has 0 spiro atoms. The van der Waals surface area contributed by atoms with Crippen molar-refractivity contribution in [3.63, 3.8) is 0 Å². The number of aliphatic hydroxyl groups excluding tert-OH is 1. The molecule has 0 saturated heterocycles. The Bertz CT molecular complexity index is 1220. The molecule has 4 aromatic rings. The number of hydrogen-bond acceptors (Lipinski definition) is 6. The quantitative estimate of drug-likeness (QED) is 0.473. The highest BCUT2D eigenvalue weighted by atomic mass is 16.5. The second-order valence-electron chi connectivity index (χ2n) is 8.37. The lowest BCUT2D eigenvalue weighted by atomic mass is 9.88. The van der Waals surface area contributed by atoms with Crippen LogP contribution in [0.25, 0.3) is 33.4 Å². The molecule has 6 heteroatoms. The van der Waals surface area contributed by atoms with Gasteiger partial charge in [-0.25, -0.2) is 9.97 Å². The predicted octanol–water partition coefficient (Wildman–Crippen LogP) is 4.87. The summed E-state index contributed by atoms with van der Waals surface area (Å²) in [6, 6.07) is 20.0. The van der Waals surface area contributed by atoms with Crippen molar-refractivity contribution in [3.8, 4) is 28.4 Å². The molecule has 0 amide bonds. The van der Waals surface area contributed by atoms with Crippen molar-refractivity contribution in [1.29, 1.82) is 0 Å². The molecule has 32 heavy (non-hydrogen) atoms. The van der Waals surface area contributed by atoms with E-state index in [0.717, 1.165) is 59.1 Å². The molecular formula is C26H26N4O2. The molecule has 162 valence electrons. The summed E-state index contributed by atoms with van der Waals surface area (Å²) in [5.74, 6) is 1.03. The molecule has 0 aliphatic heterocycles. The zero-order chi connectivity index (χ0) is 21.9. The van der Waals surface area contributed by atoms with Gasteiger partial charge < -0.3 is 15.6 Å². The van der Waals surface area contributed by atoms with Gasteiger partial charge in [0.25, 0.3) is 5.88 Å². The van der Waals surface area contributed by atoms with E-state index in [2.05, 4.69) is 11.1 Å². The average Bonchev–Trinajstić information content (AvgIpc) is 2.84. The number of hydrogen-bond donors (Lipinski definition) is 2. The first-order valence-corrected chi connectivity index (χ1v) is 11.1. The van der Waals surface area contributed by atoms with E-state index in [1.807, 2.05) is 54.6 Å². The van der Waals surface area contributed by atoms with Crippen molar-refractivity contribution < 1.29 is 9.84 Å². The SMILES string of the molecule is Nc1nc(-c2ccccc2)c(-c2ccc3ncccc3c2)nc1OCC1CCC(O)CC1. The van der Waals surface area contributed by atoms with Crippen molar-refractivity contribution in [2.75, 3.05) is 12.3 Å². The molecule has 0 unspecified atom stereocenters. The van der Waals surface area contributed by atoms with Gasteiger partial charge in [-0.1, -0.05) is 42.5 Å². The fourth-order valence-electron chi connectivity index (χ4n) is 4.27. The molecule has 1 saturated carbocycles. The van der Waals surface area contributed by atoms with Crippen LogP contribution in [0, 0.1) is 5.92 Å². The van der Waals surface area contributed by atoms with E-state index >= 15 is 0 Å². The largest absolute Gasteiger partial charge is 0.475 e. The van der Waals surface area contributed by atoms with E-state index in [-0.39, 0.29) is 11.9 Å². The lowest BCUT2D eigenvalue weighted by molar-refractivity contribution is 0.0910. The number of pyridine rings is 1. The standard InChI is InChI=1S/C26H26N4O2/c27-25-26(32-16-17-8-11-21(31)12-9-17)30-24(23(29-25)18-5-2-1-3-6-18)20-10-13-22-19(15-20)7-4-14-28-22/h1-7,10,13-15,17,21,31H,8-9,11-12,16H2,(H2,27,29). The number of rotatable bonds is 5. The molecule has 1 aliphatic carbocycles. The van der Waals surface area contributed by atoms with Crippen LogP contribution >= 0.6 is 0 Å². The van der Waals surface area contributed by atoms with Crippen LogP contribution in [0.3, 0.4) is 0 Å². The third kappa shape index (κ3) is 4.27. The number of nitrogen functional groups attached to an aromatic ring is 1. The smallest absolute Gasteiger partial charge is 0.257 e. The highest BCUT2D eigenvalue weighted by molar-refractivity contribution is 5.87. The number of nitrogens with zero attached hydrogens (tertiary/aromatic N) is 3. The summed E-state index contributed by atoms with van der Waals surface area (Å²) < 4.78 is 6.06.